The normalized spacial score (nSPS) is 12.9. The highest BCUT2D eigenvalue weighted by Gasteiger charge is 2.05. The third-order valence-corrected chi connectivity index (χ3v) is 2.11. The first-order valence-electron chi connectivity index (χ1n) is 3.14. The number of hydrogen-bond acceptors (Lipinski definition) is 0. The molecule has 0 nitrogen and oxygen atoms in total. The standard InChI is InChI=1S/C8H13Br/c1-4-5-8(6-9)7(2)3/h5,7-8H,1,6H2,2-3H3. The third-order valence-electron chi connectivity index (χ3n) is 1.37. The van der Waals surface area contributed by atoms with E-state index in [1.807, 2.05) is 6.08 Å². The van der Waals surface area contributed by atoms with Crippen molar-refractivity contribution >= 4 is 15.9 Å². The van der Waals surface area contributed by atoms with E-state index in [0.29, 0.717) is 11.8 Å². The summed E-state index contributed by atoms with van der Waals surface area (Å²) in [6.45, 7) is 7.92. The lowest BCUT2D eigenvalue weighted by molar-refractivity contribution is 0.515. The van der Waals surface area contributed by atoms with Gasteiger partial charge in [-0.15, -0.1) is 5.73 Å². The Kier molecular flexibility index (Phi) is 4.84. The fourth-order valence-electron chi connectivity index (χ4n) is 0.567. The highest BCUT2D eigenvalue weighted by Crippen LogP contribution is 2.13. The Hall–Kier alpha value is 0. The Balaban J connectivity index is 3.82. The van der Waals surface area contributed by atoms with Crippen LogP contribution in [0.25, 0.3) is 0 Å². The Morgan fingerprint density at radius 3 is 2.33 bits per heavy atom. The molecule has 1 unspecified atom stereocenters. The minimum Gasteiger partial charge on any atom is -0.133 e. The highest BCUT2D eigenvalue weighted by atomic mass is 79.9. The summed E-state index contributed by atoms with van der Waals surface area (Å²) in [4.78, 5) is 0. The van der Waals surface area contributed by atoms with Crippen molar-refractivity contribution in [2.75, 3.05) is 5.33 Å². The summed E-state index contributed by atoms with van der Waals surface area (Å²) in [5.41, 5.74) is 2.80. The fraction of sp³-hybridized carbons (Fsp3) is 0.625. The molecule has 0 radical (unpaired) electrons. The molecule has 0 saturated carbocycles. The second-order valence-corrected chi connectivity index (χ2v) is 3.08. The SMILES string of the molecule is C=C=CC(CBr)C(C)C. The molecule has 0 aliphatic rings. The molecular formula is C8H13Br. The summed E-state index contributed by atoms with van der Waals surface area (Å²) in [7, 11) is 0. The Morgan fingerprint density at radius 1 is 1.67 bits per heavy atom. The van der Waals surface area contributed by atoms with Gasteiger partial charge in [0.2, 0.25) is 0 Å². The number of halogens is 1. The maximum atomic E-state index is 3.53. The largest absolute Gasteiger partial charge is 0.133 e. The average Bonchev–Trinajstić information content (AvgIpc) is 1.82. The summed E-state index contributed by atoms with van der Waals surface area (Å²) in [6.07, 6.45) is 2.01. The molecule has 0 saturated heterocycles. The van der Waals surface area contributed by atoms with Gasteiger partial charge < -0.3 is 0 Å². The van der Waals surface area contributed by atoms with Crippen LogP contribution >= 0.6 is 15.9 Å². The zero-order chi connectivity index (χ0) is 7.28. The van der Waals surface area contributed by atoms with Crippen molar-refractivity contribution in [2.45, 2.75) is 13.8 Å². The third kappa shape index (κ3) is 3.56. The van der Waals surface area contributed by atoms with Crippen LogP contribution in [0.2, 0.25) is 0 Å². The zero-order valence-corrected chi connectivity index (χ0v) is 7.61. The van der Waals surface area contributed by atoms with Crippen molar-refractivity contribution in [1.29, 1.82) is 0 Å². The summed E-state index contributed by atoms with van der Waals surface area (Å²) in [6, 6.07) is 0. The van der Waals surface area contributed by atoms with E-state index < -0.39 is 0 Å². The maximum Gasteiger partial charge on any atom is 0.0103 e. The quantitative estimate of drug-likeness (QED) is 0.472. The van der Waals surface area contributed by atoms with Gasteiger partial charge in [-0.1, -0.05) is 36.4 Å². The summed E-state index contributed by atoms with van der Waals surface area (Å²) in [5.74, 6) is 1.26. The number of rotatable bonds is 3. The van der Waals surface area contributed by atoms with E-state index in [1.165, 1.54) is 0 Å². The molecule has 0 aromatic rings. The van der Waals surface area contributed by atoms with Crippen LogP contribution in [0.15, 0.2) is 18.4 Å². The van der Waals surface area contributed by atoms with Gasteiger partial charge in [0, 0.05) is 5.33 Å². The highest BCUT2D eigenvalue weighted by molar-refractivity contribution is 9.09. The second kappa shape index (κ2) is 4.84. The lowest BCUT2D eigenvalue weighted by Gasteiger charge is -2.10. The number of alkyl halides is 1. The van der Waals surface area contributed by atoms with Crippen LogP contribution in [0.5, 0.6) is 0 Å². The molecular weight excluding hydrogens is 176 g/mol. The van der Waals surface area contributed by atoms with Crippen molar-refractivity contribution < 1.29 is 0 Å². The smallest absolute Gasteiger partial charge is 0.0103 e. The van der Waals surface area contributed by atoms with Crippen LogP contribution in [0.4, 0.5) is 0 Å². The lowest BCUT2D eigenvalue weighted by atomic mass is 9.98. The van der Waals surface area contributed by atoms with E-state index in [-0.39, 0.29) is 0 Å². The molecule has 0 amide bonds. The Labute approximate surface area is 65.8 Å². The van der Waals surface area contributed by atoms with E-state index in [2.05, 4.69) is 42.1 Å². The molecule has 0 aliphatic carbocycles. The van der Waals surface area contributed by atoms with Crippen LogP contribution in [-0.4, -0.2) is 5.33 Å². The monoisotopic (exact) mass is 188 g/mol. The first kappa shape index (κ1) is 9.00. The van der Waals surface area contributed by atoms with Crippen LogP contribution in [0.3, 0.4) is 0 Å². The molecule has 1 atom stereocenters. The molecule has 0 heterocycles. The first-order chi connectivity index (χ1) is 4.22. The second-order valence-electron chi connectivity index (χ2n) is 2.43. The van der Waals surface area contributed by atoms with Gasteiger partial charge in [-0.3, -0.25) is 0 Å². The molecule has 0 aromatic heterocycles. The molecule has 0 bridgehead atoms. The number of allylic oxidation sites excluding steroid dienone is 1. The summed E-state index contributed by atoms with van der Waals surface area (Å²) >= 11 is 3.42. The van der Waals surface area contributed by atoms with Crippen molar-refractivity contribution in [1.82, 2.24) is 0 Å². The predicted molar refractivity (Wildman–Crippen MR) is 45.8 cm³/mol. The van der Waals surface area contributed by atoms with E-state index in [4.69, 9.17) is 0 Å². The van der Waals surface area contributed by atoms with Gasteiger partial charge in [0.25, 0.3) is 0 Å². The van der Waals surface area contributed by atoms with E-state index in [0.717, 1.165) is 5.33 Å². The molecule has 0 aromatic carbocycles. The molecule has 0 rings (SSSR count). The number of hydrogen-bond donors (Lipinski definition) is 0. The van der Waals surface area contributed by atoms with Crippen molar-refractivity contribution in [2.24, 2.45) is 11.8 Å². The summed E-state index contributed by atoms with van der Waals surface area (Å²) < 4.78 is 0. The van der Waals surface area contributed by atoms with Crippen LogP contribution in [0.1, 0.15) is 13.8 Å². The minimum absolute atomic E-state index is 0.586. The van der Waals surface area contributed by atoms with Gasteiger partial charge in [-0.25, -0.2) is 0 Å². The van der Waals surface area contributed by atoms with E-state index in [9.17, 15) is 0 Å². The van der Waals surface area contributed by atoms with Gasteiger partial charge >= 0.3 is 0 Å². The van der Waals surface area contributed by atoms with Gasteiger partial charge in [-0.2, -0.15) is 0 Å². The van der Waals surface area contributed by atoms with Gasteiger partial charge in [0.05, 0.1) is 0 Å². The van der Waals surface area contributed by atoms with Crippen LogP contribution < -0.4 is 0 Å². The van der Waals surface area contributed by atoms with Crippen molar-refractivity contribution in [3.63, 3.8) is 0 Å². The topological polar surface area (TPSA) is 0 Å². The van der Waals surface area contributed by atoms with E-state index >= 15 is 0 Å². The van der Waals surface area contributed by atoms with E-state index in [1.54, 1.807) is 0 Å². The molecule has 0 aliphatic heterocycles. The van der Waals surface area contributed by atoms with Gasteiger partial charge in [0.1, 0.15) is 0 Å². The Bertz CT molecular complexity index is 110. The molecule has 0 fully saturated rings. The average molecular weight is 189 g/mol. The van der Waals surface area contributed by atoms with Crippen molar-refractivity contribution in [3.05, 3.63) is 18.4 Å². The van der Waals surface area contributed by atoms with Gasteiger partial charge in [0.15, 0.2) is 0 Å². The fourth-order valence-corrected chi connectivity index (χ4v) is 1.50. The minimum atomic E-state index is 0.586. The molecule has 52 valence electrons. The molecule has 1 heteroatoms. The molecule has 9 heavy (non-hydrogen) atoms. The maximum absolute atomic E-state index is 3.53. The molecule has 0 spiro atoms. The molecule has 0 N–H and O–H groups in total. The van der Waals surface area contributed by atoms with Crippen molar-refractivity contribution in [3.8, 4) is 0 Å². The lowest BCUT2D eigenvalue weighted by Crippen LogP contribution is -2.05. The Morgan fingerprint density at radius 2 is 2.22 bits per heavy atom. The first-order valence-corrected chi connectivity index (χ1v) is 4.26. The van der Waals surface area contributed by atoms with Gasteiger partial charge in [-0.05, 0) is 17.9 Å². The summed E-state index contributed by atoms with van der Waals surface area (Å²) in [5, 5.41) is 1.01. The zero-order valence-electron chi connectivity index (χ0n) is 6.02. The predicted octanol–water partition coefficient (Wildman–Crippen LogP) is 2.99. The van der Waals surface area contributed by atoms with Crippen LogP contribution in [0, 0.1) is 11.8 Å². The van der Waals surface area contributed by atoms with Crippen LogP contribution in [-0.2, 0) is 0 Å².